The van der Waals surface area contributed by atoms with E-state index in [0.29, 0.717) is 19.4 Å². The molecule has 0 aromatic rings. The first-order chi connectivity index (χ1) is 8.56. The minimum absolute atomic E-state index is 0.305. The summed E-state index contributed by atoms with van der Waals surface area (Å²) < 4.78 is 16.3. The highest BCUT2D eigenvalue weighted by Gasteiger charge is 2.36. The van der Waals surface area contributed by atoms with Crippen molar-refractivity contribution in [2.45, 2.75) is 39.3 Å². The molecule has 0 aromatic heterocycles. The van der Waals surface area contributed by atoms with Crippen LogP contribution >= 0.6 is 8.03 Å². The van der Waals surface area contributed by atoms with E-state index in [1.54, 1.807) is 13.0 Å². The van der Waals surface area contributed by atoms with Gasteiger partial charge in [0.1, 0.15) is 0 Å². The summed E-state index contributed by atoms with van der Waals surface area (Å²) in [5.74, 6) is 0. The van der Waals surface area contributed by atoms with Crippen LogP contribution in [0.5, 0.6) is 0 Å². The summed E-state index contributed by atoms with van der Waals surface area (Å²) in [6, 6.07) is 0. The molecule has 2 unspecified atom stereocenters. The number of rotatable bonds is 4. The molecule has 1 heterocycles. The van der Waals surface area contributed by atoms with Crippen molar-refractivity contribution >= 4 is 14.1 Å². The van der Waals surface area contributed by atoms with Crippen molar-refractivity contribution in [3.63, 3.8) is 0 Å². The monoisotopic (exact) mass is 272 g/mol. The van der Waals surface area contributed by atoms with Gasteiger partial charge in [-0.1, -0.05) is 13.8 Å². The Morgan fingerprint density at radius 1 is 1.44 bits per heavy atom. The standard InChI is InChI=1S/C12H18NO4P/c1-4-9-10(5-2)13(12(14)17-6-3)8-7-11(9)18(15)16/h7-8,11H,4-6H2,1-3H3/p+1. The van der Waals surface area contributed by atoms with Crippen LogP contribution in [0, 0.1) is 0 Å². The van der Waals surface area contributed by atoms with Gasteiger partial charge in [0, 0.05) is 17.5 Å². The van der Waals surface area contributed by atoms with Crippen LogP contribution in [0.3, 0.4) is 0 Å². The number of hydrogen-bond acceptors (Lipinski definition) is 3. The first-order valence-electron chi connectivity index (χ1n) is 6.08. The molecular formula is C12H19NO4P+. The molecule has 0 aliphatic carbocycles. The minimum Gasteiger partial charge on any atom is -0.449 e. The van der Waals surface area contributed by atoms with Crippen molar-refractivity contribution in [1.82, 2.24) is 4.90 Å². The summed E-state index contributed by atoms with van der Waals surface area (Å²) in [4.78, 5) is 22.5. The Morgan fingerprint density at radius 3 is 2.56 bits per heavy atom. The lowest BCUT2D eigenvalue weighted by Crippen LogP contribution is -2.31. The maximum atomic E-state index is 11.8. The maximum absolute atomic E-state index is 11.8. The predicted molar refractivity (Wildman–Crippen MR) is 69.2 cm³/mol. The lowest BCUT2D eigenvalue weighted by atomic mass is 10.0. The van der Waals surface area contributed by atoms with Crippen LogP contribution in [0.4, 0.5) is 4.79 Å². The fourth-order valence-electron chi connectivity index (χ4n) is 2.08. The van der Waals surface area contributed by atoms with Crippen LogP contribution < -0.4 is 0 Å². The van der Waals surface area contributed by atoms with Gasteiger partial charge in [-0.2, -0.15) is 4.89 Å². The molecule has 1 amide bonds. The van der Waals surface area contributed by atoms with E-state index in [2.05, 4.69) is 0 Å². The van der Waals surface area contributed by atoms with Gasteiger partial charge in [-0.25, -0.2) is 4.79 Å². The van der Waals surface area contributed by atoms with E-state index in [9.17, 15) is 14.3 Å². The summed E-state index contributed by atoms with van der Waals surface area (Å²) in [6.07, 6.45) is 3.93. The smallest absolute Gasteiger partial charge is 0.449 e. The highest BCUT2D eigenvalue weighted by molar-refractivity contribution is 7.39. The van der Waals surface area contributed by atoms with Crippen molar-refractivity contribution in [3.8, 4) is 0 Å². The second-order valence-corrected chi connectivity index (χ2v) is 5.00. The molecule has 1 rings (SSSR count). The highest BCUT2D eigenvalue weighted by atomic mass is 31.1. The van der Waals surface area contributed by atoms with Crippen molar-refractivity contribution in [1.29, 1.82) is 0 Å². The van der Waals surface area contributed by atoms with Gasteiger partial charge >= 0.3 is 14.1 Å². The van der Waals surface area contributed by atoms with E-state index in [4.69, 9.17) is 4.74 Å². The molecule has 0 saturated carbocycles. The van der Waals surface area contributed by atoms with Crippen LogP contribution in [-0.4, -0.2) is 28.2 Å². The molecule has 5 nitrogen and oxygen atoms in total. The number of nitrogens with zero attached hydrogens (tertiary/aromatic N) is 1. The van der Waals surface area contributed by atoms with Gasteiger partial charge in [-0.05, 0) is 30.4 Å². The van der Waals surface area contributed by atoms with Gasteiger partial charge in [0.25, 0.3) is 0 Å². The number of allylic oxidation sites excluding steroid dienone is 3. The Hall–Kier alpha value is -1.19. The van der Waals surface area contributed by atoms with Crippen LogP contribution in [0.25, 0.3) is 0 Å². The third-order valence-electron chi connectivity index (χ3n) is 2.85. The van der Waals surface area contributed by atoms with Crippen molar-refractivity contribution in [2.75, 3.05) is 6.61 Å². The number of hydrogen-bond donors (Lipinski definition) is 1. The third kappa shape index (κ3) is 2.98. The first-order valence-corrected chi connectivity index (χ1v) is 7.36. The highest BCUT2D eigenvalue weighted by Crippen LogP contribution is 2.38. The second kappa shape index (κ2) is 6.66. The van der Waals surface area contributed by atoms with Gasteiger partial charge in [-0.15, -0.1) is 0 Å². The van der Waals surface area contributed by atoms with Crippen molar-refractivity contribution in [3.05, 3.63) is 23.5 Å². The average Bonchev–Trinajstić information content (AvgIpc) is 2.36. The van der Waals surface area contributed by atoms with Gasteiger partial charge in [0.2, 0.25) is 5.66 Å². The lowest BCUT2D eigenvalue weighted by Gasteiger charge is -2.26. The van der Waals surface area contributed by atoms with E-state index in [1.165, 1.54) is 11.1 Å². The van der Waals surface area contributed by atoms with Crippen molar-refractivity contribution < 1.29 is 19.0 Å². The van der Waals surface area contributed by atoms with Gasteiger partial charge < -0.3 is 4.74 Å². The molecule has 18 heavy (non-hydrogen) atoms. The zero-order chi connectivity index (χ0) is 13.7. The molecule has 1 N–H and O–H groups in total. The fourth-order valence-corrected chi connectivity index (χ4v) is 2.90. The molecule has 0 saturated heterocycles. The number of carbonyl (C=O) groups is 1. The molecule has 0 aromatic carbocycles. The molecule has 0 radical (unpaired) electrons. The molecular weight excluding hydrogens is 253 g/mol. The summed E-state index contributed by atoms with van der Waals surface area (Å²) >= 11 is 0. The minimum atomic E-state index is -2.32. The lowest BCUT2D eigenvalue weighted by molar-refractivity contribution is 0.129. The van der Waals surface area contributed by atoms with Crippen molar-refractivity contribution in [2.24, 2.45) is 0 Å². The van der Waals surface area contributed by atoms with Gasteiger partial charge in [0.15, 0.2) is 0 Å². The van der Waals surface area contributed by atoms with Gasteiger partial charge in [-0.3, -0.25) is 4.90 Å². The van der Waals surface area contributed by atoms with E-state index < -0.39 is 19.8 Å². The summed E-state index contributed by atoms with van der Waals surface area (Å²) in [7, 11) is -2.32. The number of ether oxygens (including phenoxy) is 1. The SMILES string of the molecule is CCOC(=O)N1C=CC([P+](=O)O)C(CC)=C1CC. The Kier molecular flexibility index (Phi) is 5.51. The predicted octanol–water partition coefficient (Wildman–Crippen LogP) is 3.15. The van der Waals surface area contributed by atoms with Crippen LogP contribution in [0.15, 0.2) is 23.5 Å². The summed E-state index contributed by atoms with van der Waals surface area (Å²) in [6.45, 7) is 5.88. The molecule has 0 spiro atoms. The molecule has 6 heteroatoms. The quantitative estimate of drug-likeness (QED) is 0.798. The van der Waals surface area contributed by atoms with Crippen LogP contribution in [0.2, 0.25) is 0 Å². The van der Waals surface area contributed by atoms with Crippen LogP contribution in [0.1, 0.15) is 33.6 Å². The fraction of sp³-hybridized carbons (Fsp3) is 0.583. The van der Waals surface area contributed by atoms with E-state index >= 15 is 0 Å². The second-order valence-electron chi connectivity index (χ2n) is 3.84. The molecule has 0 fully saturated rings. The van der Waals surface area contributed by atoms with Crippen LogP contribution in [-0.2, 0) is 9.30 Å². The maximum Gasteiger partial charge on any atom is 0.517 e. The molecule has 2 atom stereocenters. The number of carbonyl (C=O) groups excluding carboxylic acids is 1. The van der Waals surface area contributed by atoms with E-state index in [1.807, 2.05) is 13.8 Å². The Morgan fingerprint density at radius 2 is 2.11 bits per heavy atom. The Balaban J connectivity index is 3.11. The number of amides is 1. The topological polar surface area (TPSA) is 66.8 Å². The van der Waals surface area contributed by atoms with E-state index in [-0.39, 0.29) is 0 Å². The Labute approximate surface area is 108 Å². The summed E-state index contributed by atoms with van der Waals surface area (Å²) in [5.41, 5.74) is 1.10. The molecule has 0 bridgehead atoms. The molecule has 1 aliphatic heterocycles. The average molecular weight is 272 g/mol. The molecule has 1 aliphatic rings. The zero-order valence-electron chi connectivity index (χ0n) is 10.9. The molecule has 100 valence electrons. The van der Waals surface area contributed by atoms with Gasteiger partial charge in [0.05, 0.1) is 6.61 Å². The Bertz CT molecular complexity index is 403. The largest absolute Gasteiger partial charge is 0.517 e. The summed E-state index contributed by atoms with van der Waals surface area (Å²) in [5, 5.41) is 0. The third-order valence-corrected chi connectivity index (χ3v) is 3.81. The first kappa shape index (κ1) is 14.9. The normalized spacial score (nSPS) is 20.1. The van der Waals surface area contributed by atoms with E-state index in [0.717, 1.165) is 11.3 Å². The zero-order valence-corrected chi connectivity index (χ0v) is 11.8.